The summed E-state index contributed by atoms with van der Waals surface area (Å²) >= 11 is 1.51. The summed E-state index contributed by atoms with van der Waals surface area (Å²) in [6.45, 7) is 0. The average Bonchev–Trinajstić information content (AvgIpc) is 2.84. The van der Waals surface area contributed by atoms with E-state index in [2.05, 4.69) is 20.5 Å². The standard InChI is InChI=1S/C10H10N4OS/c15-9(12-6-1-2-6)7-5-8(14-13-7)10-11-3-4-16-10/h3-6H,1-2H2,(H,12,15)(H,13,14). The minimum Gasteiger partial charge on any atom is -0.348 e. The molecule has 1 aliphatic rings. The fourth-order valence-corrected chi connectivity index (χ4v) is 1.99. The maximum Gasteiger partial charge on any atom is 0.272 e. The van der Waals surface area contributed by atoms with Crippen LogP contribution in [0, 0.1) is 0 Å². The van der Waals surface area contributed by atoms with Gasteiger partial charge in [0.25, 0.3) is 5.91 Å². The fraction of sp³-hybridized carbons (Fsp3) is 0.300. The molecule has 1 amide bonds. The molecule has 0 aliphatic heterocycles. The number of amides is 1. The summed E-state index contributed by atoms with van der Waals surface area (Å²) in [5.74, 6) is -0.110. The molecule has 1 fully saturated rings. The predicted octanol–water partition coefficient (Wildman–Crippen LogP) is 1.43. The lowest BCUT2D eigenvalue weighted by Crippen LogP contribution is -2.25. The van der Waals surface area contributed by atoms with Crippen molar-refractivity contribution in [2.24, 2.45) is 0 Å². The van der Waals surface area contributed by atoms with E-state index in [-0.39, 0.29) is 5.91 Å². The first-order chi connectivity index (χ1) is 7.83. The van der Waals surface area contributed by atoms with Crippen LogP contribution >= 0.6 is 11.3 Å². The van der Waals surface area contributed by atoms with E-state index in [0.29, 0.717) is 11.7 Å². The zero-order chi connectivity index (χ0) is 11.0. The molecule has 2 N–H and O–H groups in total. The van der Waals surface area contributed by atoms with E-state index in [9.17, 15) is 4.79 Å². The highest BCUT2D eigenvalue weighted by molar-refractivity contribution is 7.13. The first kappa shape index (κ1) is 9.53. The van der Waals surface area contributed by atoms with Gasteiger partial charge in [-0.2, -0.15) is 5.10 Å². The van der Waals surface area contributed by atoms with Crippen molar-refractivity contribution < 1.29 is 4.79 Å². The van der Waals surface area contributed by atoms with Crippen LogP contribution in [0.1, 0.15) is 23.3 Å². The van der Waals surface area contributed by atoms with Gasteiger partial charge < -0.3 is 5.32 Å². The third-order valence-corrected chi connectivity index (χ3v) is 3.19. The van der Waals surface area contributed by atoms with Crippen LogP contribution in [0.2, 0.25) is 0 Å². The van der Waals surface area contributed by atoms with Crippen LogP contribution in [0.3, 0.4) is 0 Å². The van der Waals surface area contributed by atoms with E-state index in [0.717, 1.165) is 23.5 Å². The summed E-state index contributed by atoms with van der Waals surface area (Å²) < 4.78 is 0. The number of nitrogens with zero attached hydrogens (tertiary/aromatic N) is 2. The van der Waals surface area contributed by atoms with Crippen LogP contribution in [0.5, 0.6) is 0 Å². The number of carbonyl (C=O) groups is 1. The molecule has 82 valence electrons. The molecular formula is C10H10N4OS. The third-order valence-electron chi connectivity index (χ3n) is 2.39. The largest absolute Gasteiger partial charge is 0.348 e. The normalized spacial score (nSPS) is 15.0. The second kappa shape index (κ2) is 3.71. The number of hydrogen-bond acceptors (Lipinski definition) is 4. The molecule has 6 heteroatoms. The van der Waals surface area contributed by atoms with E-state index in [4.69, 9.17) is 0 Å². The molecular weight excluding hydrogens is 224 g/mol. The van der Waals surface area contributed by atoms with Crippen molar-refractivity contribution in [1.29, 1.82) is 0 Å². The summed E-state index contributed by atoms with van der Waals surface area (Å²) in [4.78, 5) is 15.8. The van der Waals surface area contributed by atoms with Crippen LogP contribution < -0.4 is 5.32 Å². The molecule has 0 saturated heterocycles. The molecule has 16 heavy (non-hydrogen) atoms. The molecule has 1 aliphatic carbocycles. The topological polar surface area (TPSA) is 70.7 Å². The second-order valence-corrected chi connectivity index (χ2v) is 4.65. The summed E-state index contributed by atoms with van der Waals surface area (Å²) in [7, 11) is 0. The monoisotopic (exact) mass is 234 g/mol. The molecule has 3 rings (SSSR count). The molecule has 2 aromatic heterocycles. The molecule has 0 spiro atoms. The van der Waals surface area contributed by atoms with Crippen molar-refractivity contribution in [3.05, 3.63) is 23.3 Å². The lowest BCUT2D eigenvalue weighted by Gasteiger charge is -1.97. The Morgan fingerprint density at radius 1 is 1.56 bits per heavy atom. The summed E-state index contributed by atoms with van der Waals surface area (Å²) in [5.41, 5.74) is 1.22. The van der Waals surface area contributed by atoms with Gasteiger partial charge in [0.2, 0.25) is 0 Å². The Bertz CT molecular complexity index is 501. The highest BCUT2D eigenvalue weighted by Gasteiger charge is 2.24. The molecule has 0 bridgehead atoms. The van der Waals surface area contributed by atoms with Gasteiger partial charge in [-0.15, -0.1) is 11.3 Å². The Balaban J connectivity index is 1.79. The highest BCUT2D eigenvalue weighted by Crippen LogP contribution is 2.21. The number of hydrogen-bond donors (Lipinski definition) is 2. The fourth-order valence-electron chi connectivity index (χ4n) is 1.39. The maximum absolute atomic E-state index is 11.7. The van der Waals surface area contributed by atoms with Crippen LogP contribution in [0.15, 0.2) is 17.6 Å². The molecule has 5 nitrogen and oxygen atoms in total. The molecule has 2 heterocycles. The zero-order valence-corrected chi connectivity index (χ0v) is 9.25. The van der Waals surface area contributed by atoms with Gasteiger partial charge in [0.05, 0.1) is 5.69 Å². The van der Waals surface area contributed by atoms with Crippen molar-refractivity contribution in [2.45, 2.75) is 18.9 Å². The summed E-state index contributed by atoms with van der Waals surface area (Å²) in [6, 6.07) is 2.09. The maximum atomic E-state index is 11.7. The minimum absolute atomic E-state index is 0.110. The smallest absolute Gasteiger partial charge is 0.272 e. The lowest BCUT2D eigenvalue weighted by atomic mass is 10.3. The Morgan fingerprint density at radius 3 is 3.12 bits per heavy atom. The Labute approximate surface area is 95.9 Å². The summed E-state index contributed by atoms with van der Waals surface area (Å²) in [5, 5.41) is 12.4. The SMILES string of the molecule is O=C(NC1CC1)c1cc(-c2nccs2)[nH]n1. The van der Waals surface area contributed by atoms with Crippen molar-refractivity contribution in [3.63, 3.8) is 0 Å². The lowest BCUT2D eigenvalue weighted by molar-refractivity contribution is 0.0946. The molecule has 2 aromatic rings. The van der Waals surface area contributed by atoms with Gasteiger partial charge >= 0.3 is 0 Å². The Kier molecular flexibility index (Phi) is 2.21. The van der Waals surface area contributed by atoms with Gasteiger partial charge in [0, 0.05) is 17.6 Å². The quantitative estimate of drug-likeness (QED) is 0.843. The van der Waals surface area contributed by atoms with Crippen LogP contribution in [-0.2, 0) is 0 Å². The van der Waals surface area contributed by atoms with Gasteiger partial charge in [0.15, 0.2) is 5.69 Å². The average molecular weight is 234 g/mol. The number of aromatic amines is 1. The van der Waals surface area contributed by atoms with Crippen LogP contribution in [0.4, 0.5) is 0 Å². The molecule has 1 saturated carbocycles. The number of rotatable bonds is 3. The Hall–Kier alpha value is -1.69. The van der Waals surface area contributed by atoms with E-state index >= 15 is 0 Å². The highest BCUT2D eigenvalue weighted by atomic mass is 32.1. The van der Waals surface area contributed by atoms with Crippen molar-refractivity contribution in [1.82, 2.24) is 20.5 Å². The van der Waals surface area contributed by atoms with Crippen LogP contribution in [0.25, 0.3) is 10.7 Å². The first-order valence-corrected chi connectivity index (χ1v) is 5.97. The van der Waals surface area contributed by atoms with Gasteiger partial charge in [-0.3, -0.25) is 9.89 Å². The van der Waals surface area contributed by atoms with Crippen molar-refractivity contribution >= 4 is 17.2 Å². The van der Waals surface area contributed by atoms with E-state index in [1.54, 1.807) is 12.3 Å². The molecule has 0 aromatic carbocycles. The number of nitrogens with one attached hydrogen (secondary N) is 2. The number of H-pyrrole nitrogens is 1. The van der Waals surface area contributed by atoms with Crippen molar-refractivity contribution in [3.8, 4) is 10.7 Å². The van der Waals surface area contributed by atoms with Crippen molar-refractivity contribution in [2.75, 3.05) is 0 Å². The first-order valence-electron chi connectivity index (χ1n) is 5.09. The summed E-state index contributed by atoms with van der Waals surface area (Å²) in [6.07, 6.45) is 3.88. The Morgan fingerprint density at radius 2 is 2.44 bits per heavy atom. The minimum atomic E-state index is -0.110. The number of carbonyl (C=O) groups excluding carboxylic acids is 1. The van der Waals surface area contributed by atoms with E-state index < -0.39 is 0 Å². The predicted molar refractivity (Wildman–Crippen MR) is 60.2 cm³/mol. The number of thiazole rings is 1. The van der Waals surface area contributed by atoms with Gasteiger partial charge in [-0.05, 0) is 18.9 Å². The second-order valence-electron chi connectivity index (χ2n) is 3.75. The molecule has 0 radical (unpaired) electrons. The van der Waals surface area contributed by atoms with E-state index in [1.807, 2.05) is 5.38 Å². The van der Waals surface area contributed by atoms with Gasteiger partial charge in [0.1, 0.15) is 5.01 Å². The molecule has 0 atom stereocenters. The third kappa shape index (κ3) is 1.83. The van der Waals surface area contributed by atoms with Gasteiger partial charge in [-0.25, -0.2) is 4.98 Å². The number of aromatic nitrogens is 3. The zero-order valence-electron chi connectivity index (χ0n) is 8.43. The van der Waals surface area contributed by atoms with Crippen LogP contribution in [-0.4, -0.2) is 27.1 Å². The molecule has 0 unspecified atom stereocenters. The van der Waals surface area contributed by atoms with E-state index in [1.165, 1.54) is 11.3 Å². The van der Waals surface area contributed by atoms with Gasteiger partial charge in [-0.1, -0.05) is 0 Å².